The van der Waals surface area contributed by atoms with Gasteiger partial charge in [-0.25, -0.2) is 0 Å². The Morgan fingerprint density at radius 2 is 1.70 bits per heavy atom. The molecule has 6 rings (SSSR count). The average molecular weight is 555 g/mol. The zero-order valence-corrected chi connectivity index (χ0v) is 22.1. The molecule has 0 bridgehead atoms. The summed E-state index contributed by atoms with van der Waals surface area (Å²) >= 11 is 0.262. The maximum atomic E-state index is 13.2. The molecule has 1 atom stereocenters. The quantitative estimate of drug-likeness (QED) is 0.289. The first-order chi connectivity index (χ1) is 17.9. The monoisotopic (exact) mass is 556 g/mol. The fourth-order valence-electron chi connectivity index (χ4n) is 4.75. The molecule has 1 N–H and O–H groups in total. The fourth-order valence-corrected chi connectivity index (χ4v) is 6.33. The van der Waals surface area contributed by atoms with Crippen molar-refractivity contribution in [3.63, 3.8) is 0 Å². The van der Waals surface area contributed by atoms with Gasteiger partial charge in [-0.2, -0.15) is 0 Å². The number of anilines is 1. The van der Waals surface area contributed by atoms with Gasteiger partial charge in [-0.15, -0.1) is 0 Å². The van der Waals surface area contributed by atoms with Gasteiger partial charge in [0, 0.05) is 5.56 Å². The normalized spacial score (nSPS) is 17.8. The van der Waals surface area contributed by atoms with Gasteiger partial charge >= 0.3 is 186 Å². The molecule has 0 fully saturated rings. The van der Waals surface area contributed by atoms with Crippen molar-refractivity contribution in [1.29, 1.82) is 0 Å². The molecule has 0 saturated carbocycles. The van der Waals surface area contributed by atoms with Gasteiger partial charge in [0.25, 0.3) is 0 Å². The van der Waals surface area contributed by atoms with Crippen molar-refractivity contribution in [2.75, 3.05) is 5.32 Å². The number of rotatable bonds is 6. The molecule has 7 nitrogen and oxygen atoms in total. The van der Waals surface area contributed by atoms with E-state index in [0.717, 1.165) is 22.4 Å². The van der Waals surface area contributed by atoms with E-state index in [4.69, 9.17) is 4.74 Å². The van der Waals surface area contributed by atoms with Gasteiger partial charge < -0.3 is 0 Å². The van der Waals surface area contributed by atoms with E-state index in [2.05, 4.69) is 27.8 Å². The number of ketones is 2. The topological polar surface area (TPSA) is 86.1 Å². The number of aromatic nitrogens is 3. The van der Waals surface area contributed by atoms with Crippen LogP contribution < -0.4 is 9.78 Å². The molecule has 4 aromatic rings. The molecule has 2 aliphatic rings. The summed E-state index contributed by atoms with van der Waals surface area (Å²) in [5, 5.41) is 12.2. The predicted molar refractivity (Wildman–Crippen MR) is 143 cm³/mol. The maximum absolute atomic E-state index is 13.2. The van der Waals surface area contributed by atoms with Crippen molar-refractivity contribution in [2.45, 2.75) is 30.9 Å². The summed E-state index contributed by atoms with van der Waals surface area (Å²) in [4.78, 5) is 26.0. The number of nitrogens with one attached hydrogen (secondary N) is 1. The second kappa shape index (κ2) is 9.14. The molecule has 2 heterocycles. The number of nitrogens with zero attached hydrogens (tertiary/aromatic N) is 3. The third-order valence-electron chi connectivity index (χ3n) is 6.58. The van der Waals surface area contributed by atoms with Gasteiger partial charge in [-0.05, 0) is 0 Å². The van der Waals surface area contributed by atoms with Gasteiger partial charge in [-0.1, -0.05) is 24.3 Å². The minimum atomic E-state index is -0.739. The van der Waals surface area contributed by atoms with E-state index in [1.807, 2.05) is 79.3 Å². The number of carbonyl (C=O) groups excluding carboxylic acids is 2. The Morgan fingerprint density at radius 3 is 2.51 bits per heavy atom. The van der Waals surface area contributed by atoms with E-state index < -0.39 is 23.2 Å². The standard InChI is InChI=1S/C29H24N4O3Se/c1-29(2)28(24-26(35)25(34)21-13-6-7-14-22(21)27(24)36-29)30-19-10-8-9-18(15-19)23-16-33(32-31-23)17-37-20-11-4-3-5-12-20/h3-16,28,30H,17H2,1-2H3. The van der Waals surface area contributed by atoms with Gasteiger partial charge in [0.15, 0.2) is 0 Å². The molecule has 0 spiro atoms. The number of fused-ring (bicyclic) bond motifs is 2. The summed E-state index contributed by atoms with van der Waals surface area (Å²) in [5.74, 6) is -0.525. The summed E-state index contributed by atoms with van der Waals surface area (Å²) in [6, 6.07) is 24.8. The van der Waals surface area contributed by atoms with Crippen LogP contribution in [0.2, 0.25) is 0 Å². The minimum absolute atomic E-state index is 0.262. The number of carbonyl (C=O) groups is 2. The Morgan fingerprint density at radius 1 is 0.946 bits per heavy atom. The van der Waals surface area contributed by atoms with E-state index in [0.29, 0.717) is 22.5 Å². The molecular formula is C29H24N4O3Se. The predicted octanol–water partition coefficient (Wildman–Crippen LogP) is 3.70. The SMILES string of the molecule is CC1(C)OC2=C(C(=O)C(=O)c3ccccc32)C1Nc1cccc(-c2cn(C[Se]c3ccccc3)nn2)c1. The van der Waals surface area contributed by atoms with Crippen LogP contribution in [0.25, 0.3) is 17.0 Å². The van der Waals surface area contributed by atoms with Crippen molar-refractivity contribution in [3.05, 3.63) is 102 Å². The molecule has 3 aromatic carbocycles. The molecule has 0 amide bonds. The second-order valence-electron chi connectivity index (χ2n) is 9.54. The van der Waals surface area contributed by atoms with Crippen LogP contribution in [0.1, 0.15) is 29.8 Å². The van der Waals surface area contributed by atoms with Gasteiger partial charge in [-0.3, -0.25) is 4.79 Å². The Bertz CT molecular complexity index is 1560. The third-order valence-corrected chi connectivity index (χ3v) is 8.67. The van der Waals surface area contributed by atoms with Gasteiger partial charge in [0.1, 0.15) is 0 Å². The van der Waals surface area contributed by atoms with E-state index in [-0.39, 0.29) is 15.0 Å². The summed E-state index contributed by atoms with van der Waals surface area (Å²) in [7, 11) is 0. The van der Waals surface area contributed by atoms with Crippen LogP contribution in [0, 0.1) is 0 Å². The number of hydrogen-bond donors (Lipinski definition) is 1. The van der Waals surface area contributed by atoms with E-state index >= 15 is 0 Å². The third kappa shape index (κ3) is 4.28. The molecule has 1 aromatic heterocycles. The van der Waals surface area contributed by atoms with Gasteiger partial charge in [0.2, 0.25) is 0 Å². The summed E-state index contributed by atoms with van der Waals surface area (Å²) in [6.07, 6.45) is 1.95. The van der Waals surface area contributed by atoms with E-state index in [1.54, 1.807) is 12.1 Å². The molecular weight excluding hydrogens is 531 g/mol. The van der Waals surface area contributed by atoms with Gasteiger partial charge in [0.05, 0.1) is 0 Å². The number of Topliss-reactive ketones (excluding diaryl/α,β-unsaturated/α-hetero) is 2. The van der Waals surface area contributed by atoms with Crippen LogP contribution in [0.3, 0.4) is 0 Å². The van der Waals surface area contributed by atoms with Crippen LogP contribution in [-0.4, -0.2) is 53.2 Å². The fraction of sp³-hybridized carbons (Fsp3) is 0.172. The van der Waals surface area contributed by atoms with Crippen molar-refractivity contribution < 1.29 is 14.3 Å². The average Bonchev–Trinajstić information content (AvgIpc) is 3.49. The zero-order chi connectivity index (χ0) is 25.6. The van der Waals surface area contributed by atoms with Crippen LogP contribution in [0.4, 0.5) is 5.69 Å². The number of hydrogen-bond acceptors (Lipinski definition) is 6. The van der Waals surface area contributed by atoms with Crippen molar-refractivity contribution in [2.24, 2.45) is 0 Å². The van der Waals surface area contributed by atoms with Crippen LogP contribution in [-0.2, 0) is 15.0 Å². The number of ether oxygens (including phenoxy) is 1. The zero-order valence-electron chi connectivity index (χ0n) is 20.3. The summed E-state index contributed by atoms with van der Waals surface area (Å²) in [6.45, 7) is 3.85. The number of benzene rings is 3. The van der Waals surface area contributed by atoms with Crippen LogP contribution in [0.5, 0.6) is 0 Å². The summed E-state index contributed by atoms with van der Waals surface area (Å²) in [5.41, 5.74) is 3.98. The first kappa shape index (κ1) is 23.4. The second-order valence-corrected chi connectivity index (χ2v) is 11.7. The molecule has 1 aliphatic carbocycles. The first-order valence-electron chi connectivity index (χ1n) is 12.0. The van der Waals surface area contributed by atoms with Crippen molar-refractivity contribution in [3.8, 4) is 11.3 Å². The van der Waals surface area contributed by atoms with Crippen molar-refractivity contribution >= 4 is 42.4 Å². The molecule has 184 valence electrons. The van der Waals surface area contributed by atoms with E-state index in [1.165, 1.54) is 4.46 Å². The van der Waals surface area contributed by atoms with Crippen LogP contribution in [0.15, 0.2) is 90.6 Å². The molecule has 0 radical (unpaired) electrons. The molecule has 37 heavy (non-hydrogen) atoms. The molecule has 1 aliphatic heterocycles. The van der Waals surface area contributed by atoms with Crippen molar-refractivity contribution in [1.82, 2.24) is 15.0 Å². The molecule has 1 unspecified atom stereocenters. The Kier molecular flexibility index (Phi) is 5.78. The Balaban J connectivity index is 1.26. The molecule has 8 heteroatoms. The van der Waals surface area contributed by atoms with Crippen LogP contribution >= 0.6 is 0 Å². The van der Waals surface area contributed by atoms with E-state index in [9.17, 15) is 9.59 Å². The molecule has 0 saturated heterocycles. The first-order valence-corrected chi connectivity index (χ1v) is 14.0. The summed E-state index contributed by atoms with van der Waals surface area (Å²) < 4.78 is 9.47. The Hall–Kier alpha value is -4.00. The Labute approximate surface area is 220 Å².